The van der Waals surface area contributed by atoms with Gasteiger partial charge >= 0.3 is 0 Å². The Labute approximate surface area is 125 Å². The van der Waals surface area contributed by atoms with Crippen molar-refractivity contribution in [3.05, 3.63) is 59.8 Å². The van der Waals surface area contributed by atoms with Crippen molar-refractivity contribution >= 4 is 0 Å². The van der Waals surface area contributed by atoms with E-state index in [1.807, 2.05) is 18.2 Å². The van der Waals surface area contributed by atoms with E-state index in [2.05, 4.69) is 34.1 Å². The number of aromatic nitrogens is 1. The van der Waals surface area contributed by atoms with Crippen LogP contribution in [-0.4, -0.2) is 34.2 Å². The molecule has 0 spiro atoms. The van der Waals surface area contributed by atoms with E-state index in [0.29, 0.717) is 5.88 Å². The fourth-order valence-electron chi connectivity index (χ4n) is 2.62. The van der Waals surface area contributed by atoms with Gasteiger partial charge in [0.2, 0.25) is 5.88 Å². The summed E-state index contributed by atoms with van der Waals surface area (Å²) in [5.41, 5.74) is 2.14. The van der Waals surface area contributed by atoms with E-state index in [0.717, 1.165) is 31.6 Å². The van der Waals surface area contributed by atoms with Gasteiger partial charge in [-0.25, -0.2) is 4.98 Å². The maximum atomic E-state index is 9.00. The molecule has 0 saturated carbocycles. The molecule has 1 aliphatic heterocycles. The van der Waals surface area contributed by atoms with Gasteiger partial charge in [-0.3, -0.25) is 4.90 Å². The van der Waals surface area contributed by atoms with Crippen molar-refractivity contribution in [3.63, 3.8) is 0 Å². The molecule has 0 radical (unpaired) electrons. The van der Waals surface area contributed by atoms with Crippen molar-refractivity contribution in [2.75, 3.05) is 13.1 Å². The second-order valence-electron chi connectivity index (χ2n) is 5.41. The standard InChI is InChI=1S/C17H20N2O2/c20-13-15-6-7-17(18-10-15)21-16-8-9-19(12-16)11-14-4-2-1-3-5-14/h1-7,10,16,20H,8-9,11-13H2. The van der Waals surface area contributed by atoms with Crippen LogP contribution in [0.4, 0.5) is 0 Å². The third-order valence-corrected chi connectivity index (χ3v) is 3.75. The van der Waals surface area contributed by atoms with Gasteiger partial charge in [0.05, 0.1) is 6.61 Å². The van der Waals surface area contributed by atoms with Crippen molar-refractivity contribution in [2.45, 2.75) is 25.7 Å². The zero-order valence-electron chi connectivity index (χ0n) is 12.0. The van der Waals surface area contributed by atoms with E-state index < -0.39 is 0 Å². The van der Waals surface area contributed by atoms with Crippen LogP contribution in [0.5, 0.6) is 5.88 Å². The average molecular weight is 284 g/mol. The van der Waals surface area contributed by atoms with Crippen molar-refractivity contribution < 1.29 is 9.84 Å². The summed E-state index contributed by atoms with van der Waals surface area (Å²) in [5.74, 6) is 0.638. The molecule has 0 bridgehead atoms. The van der Waals surface area contributed by atoms with Gasteiger partial charge in [0.15, 0.2) is 0 Å². The highest BCUT2D eigenvalue weighted by Crippen LogP contribution is 2.18. The molecular weight excluding hydrogens is 264 g/mol. The predicted octanol–water partition coefficient (Wildman–Crippen LogP) is 2.23. The van der Waals surface area contributed by atoms with Crippen molar-refractivity contribution in [1.82, 2.24) is 9.88 Å². The van der Waals surface area contributed by atoms with Crippen LogP contribution in [0.3, 0.4) is 0 Å². The number of pyridine rings is 1. The van der Waals surface area contributed by atoms with Crippen molar-refractivity contribution in [1.29, 1.82) is 0 Å². The topological polar surface area (TPSA) is 45.6 Å². The molecule has 1 saturated heterocycles. The minimum absolute atomic E-state index is 0.0154. The van der Waals surface area contributed by atoms with Crippen LogP contribution in [0.1, 0.15) is 17.5 Å². The average Bonchev–Trinajstić information content (AvgIpc) is 2.96. The van der Waals surface area contributed by atoms with E-state index in [1.54, 1.807) is 6.20 Å². The molecule has 0 amide bonds. The maximum absolute atomic E-state index is 9.00. The zero-order chi connectivity index (χ0) is 14.5. The minimum Gasteiger partial charge on any atom is -0.473 e. The first-order chi connectivity index (χ1) is 10.3. The van der Waals surface area contributed by atoms with Gasteiger partial charge in [0.25, 0.3) is 0 Å². The molecule has 1 fully saturated rings. The van der Waals surface area contributed by atoms with Crippen LogP contribution in [0.2, 0.25) is 0 Å². The molecular formula is C17H20N2O2. The molecule has 0 aliphatic carbocycles. The Hall–Kier alpha value is -1.91. The monoisotopic (exact) mass is 284 g/mol. The Kier molecular flexibility index (Phi) is 4.48. The molecule has 1 aliphatic rings. The number of nitrogens with zero attached hydrogens (tertiary/aromatic N) is 2. The Bertz CT molecular complexity index is 557. The summed E-state index contributed by atoms with van der Waals surface area (Å²) in [4.78, 5) is 6.63. The summed E-state index contributed by atoms with van der Waals surface area (Å²) in [6, 6.07) is 14.2. The first-order valence-electron chi connectivity index (χ1n) is 7.32. The molecule has 1 atom stereocenters. The van der Waals surface area contributed by atoms with E-state index in [1.165, 1.54) is 5.56 Å². The molecule has 1 N–H and O–H groups in total. The number of aliphatic hydroxyl groups excluding tert-OH is 1. The highest BCUT2D eigenvalue weighted by molar-refractivity contribution is 5.18. The van der Waals surface area contributed by atoms with Gasteiger partial charge in [0.1, 0.15) is 6.10 Å². The smallest absolute Gasteiger partial charge is 0.213 e. The van der Waals surface area contributed by atoms with E-state index >= 15 is 0 Å². The zero-order valence-corrected chi connectivity index (χ0v) is 12.0. The molecule has 1 aromatic carbocycles. The number of hydrogen-bond acceptors (Lipinski definition) is 4. The van der Waals surface area contributed by atoms with Gasteiger partial charge < -0.3 is 9.84 Å². The molecule has 110 valence electrons. The van der Waals surface area contributed by atoms with E-state index in [-0.39, 0.29) is 12.7 Å². The highest BCUT2D eigenvalue weighted by atomic mass is 16.5. The third-order valence-electron chi connectivity index (χ3n) is 3.75. The Morgan fingerprint density at radius 3 is 2.71 bits per heavy atom. The normalized spacial score (nSPS) is 18.8. The first kappa shape index (κ1) is 14.0. The minimum atomic E-state index is 0.0154. The van der Waals surface area contributed by atoms with Crippen LogP contribution in [0.25, 0.3) is 0 Å². The highest BCUT2D eigenvalue weighted by Gasteiger charge is 2.24. The van der Waals surface area contributed by atoms with Gasteiger partial charge in [-0.2, -0.15) is 0 Å². The van der Waals surface area contributed by atoms with Crippen molar-refractivity contribution in [3.8, 4) is 5.88 Å². The maximum Gasteiger partial charge on any atom is 0.213 e. The largest absolute Gasteiger partial charge is 0.473 e. The molecule has 2 heterocycles. The summed E-state index contributed by atoms with van der Waals surface area (Å²) in [5, 5.41) is 9.00. The molecule has 3 rings (SSSR count). The van der Waals surface area contributed by atoms with E-state index in [4.69, 9.17) is 9.84 Å². The van der Waals surface area contributed by atoms with Crippen molar-refractivity contribution in [2.24, 2.45) is 0 Å². The van der Waals surface area contributed by atoms with Crippen LogP contribution in [-0.2, 0) is 13.2 Å². The second kappa shape index (κ2) is 6.70. The van der Waals surface area contributed by atoms with E-state index in [9.17, 15) is 0 Å². The molecule has 4 nitrogen and oxygen atoms in total. The number of rotatable bonds is 5. The number of benzene rings is 1. The van der Waals surface area contributed by atoms with Gasteiger partial charge in [-0.05, 0) is 23.6 Å². The molecule has 4 heteroatoms. The quantitative estimate of drug-likeness (QED) is 0.914. The summed E-state index contributed by atoms with van der Waals surface area (Å²) in [6.45, 7) is 2.96. The number of aliphatic hydroxyl groups is 1. The SMILES string of the molecule is OCc1ccc(OC2CCN(Cc3ccccc3)C2)nc1. The fraction of sp³-hybridized carbons (Fsp3) is 0.353. The van der Waals surface area contributed by atoms with Gasteiger partial charge in [-0.15, -0.1) is 0 Å². The van der Waals surface area contributed by atoms with Gasteiger partial charge in [-0.1, -0.05) is 30.3 Å². The predicted molar refractivity (Wildman–Crippen MR) is 80.9 cm³/mol. The van der Waals surface area contributed by atoms with Gasteiger partial charge in [0, 0.05) is 31.9 Å². The fourth-order valence-corrected chi connectivity index (χ4v) is 2.62. The summed E-state index contributed by atoms with van der Waals surface area (Å²) >= 11 is 0. The molecule has 1 aromatic heterocycles. The lowest BCUT2D eigenvalue weighted by Crippen LogP contribution is -2.24. The lowest BCUT2D eigenvalue weighted by Gasteiger charge is -2.16. The van der Waals surface area contributed by atoms with Crippen LogP contribution < -0.4 is 4.74 Å². The number of likely N-dealkylation sites (tertiary alicyclic amines) is 1. The third kappa shape index (κ3) is 3.80. The molecule has 21 heavy (non-hydrogen) atoms. The lowest BCUT2D eigenvalue weighted by molar-refractivity contribution is 0.191. The molecule has 1 unspecified atom stereocenters. The Morgan fingerprint density at radius 1 is 1.14 bits per heavy atom. The lowest BCUT2D eigenvalue weighted by atomic mass is 10.2. The summed E-state index contributed by atoms with van der Waals surface area (Å²) in [7, 11) is 0. The summed E-state index contributed by atoms with van der Waals surface area (Å²) < 4.78 is 5.91. The molecule has 2 aromatic rings. The summed E-state index contributed by atoms with van der Waals surface area (Å²) in [6.07, 6.45) is 2.88. The van der Waals surface area contributed by atoms with Crippen LogP contribution in [0.15, 0.2) is 48.7 Å². The van der Waals surface area contributed by atoms with Crippen LogP contribution >= 0.6 is 0 Å². The number of ether oxygens (including phenoxy) is 1. The second-order valence-corrected chi connectivity index (χ2v) is 5.41. The Balaban J connectivity index is 1.52. The first-order valence-corrected chi connectivity index (χ1v) is 7.32. The van der Waals surface area contributed by atoms with Crippen LogP contribution in [0, 0.1) is 0 Å². The Morgan fingerprint density at radius 2 is 2.00 bits per heavy atom. The number of hydrogen-bond donors (Lipinski definition) is 1.